The first kappa shape index (κ1) is 22.7. The van der Waals surface area contributed by atoms with Crippen LogP contribution in [0.4, 0.5) is 0 Å². The number of benzene rings is 3. The SMILES string of the molecule is COc1ccc(OC)c(CNC(=O)c2ccc3c(c2)c(C)c(C)n3Cc2ccc(Cl)cc2)c1. The second-order valence-electron chi connectivity index (χ2n) is 8.02. The van der Waals surface area contributed by atoms with Gasteiger partial charge in [-0.05, 0) is 73.5 Å². The number of fused-ring (bicyclic) bond motifs is 1. The van der Waals surface area contributed by atoms with E-state index >= 15 is 0 Å². The van der Waals surface area contributed by atoms with E-state index in [4.69, 9.17) is 21.1 Å². The van der Waals surface area contributed by atoms with Gasteiger partial charge in [-0.3, -0.25) is 4.79 Å². The second kappa shape index (κ2) is 9.59. The molecule has 0 aliphatic rings. The number of hydrogen-bond donors (Lipinski definition) is 1. The minimum absolute atomic E-state index is 0.135. The van der Waals surface area contributed by atoms with Crippen molar-refractivity contribution in [2.24, 2.45) is 0 Å². The molecule has 170 valence electrons. The normalized spacial score (nSPS) is 10.9. The minimum atomic E-state index is -0.135. The predicted octanol–water partition coefficient (Wildman–Crippen LogP) is 5.91. The molecule has 1 aromatic heterocycles. The molecule has 0 fully saturated rings. The standard InChI is InChI=1S/C27H27ClN2O3/c1-17-18(2)30(16-19-5-8-22(28)9-6-19)25-11-7-20(14-24(17)25)27(31)29-15-21-13-23(32-3)10-12-26(21)33-4/h5-14H,15-16H2,1-4H3,(H,29,31). The number of aromatic nitrogens is 1. The van der Waals surface area contributed by atoms with Crippen LogP contribution < -0.4 is 14.8 Å². The summed E-state index contributed by atoms with van der Waals surface area (Å²) in [4.78, 5) is 12.9. The van der Waals surface area contributed by atoms with Crippen LogP contribution in [0.5, 0.6) is 11.5 Å². The number of carbonyl (C=O) groups excluding carboxylic acids is 1. The van der Waals surface area contributed by atoms with Crippen LogP contribution in [0.25, 0.3) is 10.9 Å². The van der Waals surface area contributed by atoms with Gasteiger partial charge in [0.05, 0.1) is 14.2 Å². The van der Waals surface area contributed by atoms with Crippen molar-refractivity contribution in [2.45, 2.75) is 26.9 Å². The summed E-state index contributed by atoms with van der Waals surface area (Å²) in [5, 5.41) is 4.80. The van der Waals surface area contributed by atoms with E-state index in [1.807, 2.05) is 60.7 Å². The Morgan fingerprint density at radius 2 is 1.73 bits per heavy atom. The lowest BCUT2D eigenvalue weighted by atomic mass is 10.1. The maximum Gasteiger partial charge on any atom is 0.251 e. The molecule has 4 aromatic rings. The number of carbonyl (C=O) groups is 1. The Morgan fingerprint density at radius 1 is 0.970 bits per heavy atom. The van der Waals surface area contributed by atoms with Crippen LogP contribution in [0.1, 0.15) is 32.7 Å². The Balaban J connectivity index is 1.57. The number of ether oxygens (including phenoxy) is 2. The molecule has 0 aliphatic carbocycles. The summed E-state index contributed by atoms with van der Waals surface area (Å²) in [5.74, 6) is 1.29. The Bertz CT molecular complexity index is 1310. The Labute approximate surface area is 198 Å². The van der Waals surface area contributed by atoms with Crippen LogP contribution in [-0.2, 0) is 13.1 Å². The van der Waals surface area contributed by atoms with E-state index in [1.165, 1.54) is 16.8 Å². The molecule has 6 heteroatoms. The second-order valence-corrected chi connectivity index (χ2v) is 8.45. The highest BCUT2D eigenvalue weighted by molar-refractivity contribution is 6.30. The van der Waals surface area contributed by atoms with Crippen LogP contribution in [0.15, 0.2) is 60.7 Å². The molecule has 33 heavy (non-hydrogen) atoms. The van der Waals surface area contributed by atoms with Crippen molar-refractivity contribution in [3.05, 3.63) is 93.6 Å². The number of hydrogen-bond acceptors (Lipinski definition) is 3. The maximum absolute atomic E-state index is 12.9. The summed E-state index contributed by atoms with van der Waals surface area (Å²) >= 11 is 6.03. The molecule has 1 N–H and O–H groups in total. The fourth-order valence-corrected chi connectivity index (χ4v) is 4.19. The first-order valence-corrected chi connectivity index (χ1v) is 11.1. The van der Waals surface area contributed by atoms with Gasteiger partial charge in [0.15, 0.2) is 0 Å². The summed E-state index contributed by atoms with van der Waals surface area (Å²) in [7, 11) is 3.23. The number of methoxy groups -OCH3 is 2. The first-order valence-electron chi connectivity index (χ1n) is 10.7. The molecule has 0 spiro atoms. The molecule has 1 heterocycles. The Kier molecular flexibility index (Phi) is 6.61. The molecule has 4 rings (SSSR count). The number of aryl methyl sites for hydroxylation is 1. The third-order valence-corrected chi connectivity index (χ3v) is 6.33. The highest BCUT2D eigenvalue weighted by Crippen LogP contribution is 2.28. The zero-order chi connectivity index (χ0) is 23.5. The lowest BCUT2D eigenvalue weighted by Gasteiger charge is -2.12. The summed E-state index contributed by atoms with van der Waals surface area (Å²) in [5.41, 5.74) is 6.10. The van der Waals surface area contributed by atoms with Crippen molar-refractivity contribution < 1.29 is 14.3 Å². The molecule has 0 atom stereocenters. The topological polar surface area (TPSA) is 52.5 Å². The molecular weight excluding hydrogens is 436 g/mol. The van der Waals surface area contributed by atoms with Crippen LogP contribution in [0.3, 0.4) is 0 Å². The third-order valence-electron chi connectivity index (χ3n) is 6.08. The van der Waals surface area contributed by atoms with Gasteiger partial charge in [0.1, 0.15) is 11.5 Å². The number of nitrogens with one attached hydrogen (secondary N) is 1. The number of rotatable bonds is 7. The molecule has 5 nitrogen and oxygen atoms in total. The highest BCUT2D eigenvalue weighted by Gasteiger charge is 2.15. The van der Waals surface area contributed by atoms with Gasteiger partial charge in [0, 0.05) is 45.8 Å². The van der Waals surface area contributed by atoms with Crippen LogP contribution in [0.2, 0.25) is 5.02 Å². The zero-order valence-electron chi connectivity index (χ0n) is 19.2. The monoisotopic (exact) mass is 462 g/mol. The van der Waals surface area contributed by atoms with E-state index < -0.39 is 0 Å². The summed E-state index contributed by atoms with van der Waals surface area (Å²) < 4.78 is 13.0. The molecule has 1 amide bonds. The fraction of sp³-hybridized carbons (Fsp3) is 0.222. The van der Waals surface area contributed by atoms with Crippen molar-refractivity contribution in [1.29, 1.82) is 0 Å². The van der Waals surface area contributed by atoms with E-state index in [9.17, 15) is 4.79 Å². The van der Waals surface area contributed by atoms with Crippen molar-refractivity contribution in [2.75, 3.05) is 14.2 Å². The van der Waals surface area contributed by atoms with Gasteiger partial charge in [-0.25, -0.2) is 0 Å². The minimum Gasteiger partial charge on any atom is -0.497 e. The lowest BCUT2D eigenvalue weighted by molar-refractivity contribution is 0.0950. The average molecular weight is 463 g/mol. The quantitative estimate of drug-likeness (QED) is 0.371. The summed E-state index contributed by atoms with van der Waals surface area (Å²) in [6.45, 7) is 5.29. The van der Waals surface area contributed by atoms with E-state index in [1.54, 1.807) is 14.2 Å². The molecule has 0 saturated carbocycles. The maximum atomic E-state index is 12.9. The Hall–Kier alpha value is -3.44. The number of nitrogens with zero attached hydrogens (tertiary/aromatic N) is 1. The van der Waals surface area contributed by atoms with Crippen molar-refractivity contribution in [3.63, 3.8) is 0 Å². The largest absolute Gasteiger partial charge is 0.497 e. The lowest BCUT2D eigenvalue weighted by Crippen LogP contribution is -2.23. The van der Waals surface area contributed by atoms with E-state index in [0.29, 0.717) is 17.9 Å². The molecule has 0 unspecified atom stereocenters. The van der Waals surface area contributed by atoms with E-state index in [-0.39, 0.29) is 5.91 Å². The van der Waals surface area contributed by atoms with E-state index in [2.05, 4.69) is 23.7 Å². The third kappa shape index (κ3) is 4.69. The van der Waals surface area contributed by atoms with Gasteiger partial charge in [-0.15, -0.1) is 0 Å². The van der Waals surface area contributed by atoms with Crippen LogP contribution in [-0.4, -0.2) is 24.7 Å². The molecule has 0 saturated heterocycles. The van der Waals surface area contributed by atoms with Gasteiger partial charge in [-0.2, -0.15) is 0 Å². The molecule has 0 bridgehead atoms. The summed E-state index contributed by atoms with van der Waals surface area (Å²) in [6.07, 6.45) is 0. The van der Waals surface area contributed by atoms with Crippen molar-refractivity contribution >= 4 is 28.4 Å². The van der Waals surface area contributed by atoms with Gasteiger partial charge >= 0.3 is 0 Å². The summed E-state index contributed by atoms with van der Waals surface area (Å²) in [6, 6.07) is 19.3. The fourth-order valence-electron chi connectivity index (χ4n) is 4.06. The average Bonchev–Trinajstić information content (AvgIpc) is 3.07. The number of amides is 1. The predicted molar refractivity (Wildman–Crippen MR) is 133 cm³/mol. The van der Waals surface area contributed by atoms with Gasteiger partial charge in [0.2, 0.25) is 0 Å². The van der Waals surface area contributed by atoms with Crippen LogP contribution in [0, 0.1) is 13.8 Å². The van der Waals surface area contributed by atoms with Gasteiger partial charge in [0.25, 0.3) is 5.91 Å². The van der Waals surface area contributed by atoms with Crippen molar-refractivity contribution in [1.82, 2.24) is 9.88 Å². The van der Waals surface area contributed by atoms with Gasteiger partial charge in [-0.1, -0.05) is 23.7 Å². The van der Waals surface area contributed by atoms with Crippen LogP contribution >= 0.6 is 11.6 Å². The van der Waals surface area contributed by atoms with Gasteiger partial charge < -0.3 is 19.4 Å². The first-order chi connectivity index (χ1) is 15.9. The smallest absolute Gasteiger partial charge is 0.251 e. The number of halogens is 1. The Morgan fingerprint density at radius 3 is 2.42 bits per heavy atom. The van der Waals surface area contributed by atoms with E-state index in [0.717, 1.165) is 33.8 Å². The zero-order valence-corrected chi connectivity index (χ0v) is 20.0. The molecule has 3 aromatic carbocycles. The molecule has 0 aliphatic heterocycles. The molecular formula is C27H27ClN2O3. The van der Waals surface area contributed by atoms with Crippen molar-refractivity contribution in [3.8, 4) is 11.5 Å². The highest BCUT2D eigenvalue weighted by atomic mass is 35.5. The molecule has 0 radical (unpaired) electrons.